The molecule has 1 aromatic rings. The van der Waals surface area contributed by atoms with Gasteiger partial charge < -0.3 is 10.1 Å². The van der Waals surface area contributed by atoms with Crippen molar-refractivity contribution in [1.82, 2.24) is 10.2 Å². The van der Waals surface area contributed by atoms with E-state index in [1.54, 1.807) is 32.4 Å². The number of benzene rings is 1. The Morgan fingerprint density at radius 2 is 1.95 bits per heavy atom. The van der Waals surface area contributed by atoms with Gasteiger partial charge in [-0.2, -0.15) is 0 Å². The summed E-state index contributed by atoms with van der Waals surface area (Å²) in [6, 6.07) is 7.13. The van der Waals surface area contributed by atoms with E-state index in [0.29, 0.717) is 17.9 Å². The van der Waals surface area contributed by atoms with Crippen LogP contribution in [0.5, 0.6) is 5.75 Å². The largest absolute Gasteiger partial charge is 0.496 e. The molecule has 20 heavy (non-hydrogen) atoms. The lowest BCUT2D eigenvalue weighted by Gasteiger charge is -2.20. The van der Waals surface area contributed by atoms with Crippen LogP contribution in [-0.2, 0) is 4.79 Å². The minimum Gasteiger partial charge on any atom is -0.496 e. The molecule has 5 heteroatoms. The Bertz CT molecular complexity index is 460. The maximum atomic E-state index is 12.3. The number of rotatable bonds is 8. The average Bonchev–Trinajstić information content (AvgIpc) is 2.47. The first-order chi connectivity index (χ1) is 9.62. The summed E-state index contributed by atoms with van der Waals surface area (Å²) >= 11 is 0. The van der Waals surface area contributed by atoms with Crippen LogP contribution < -0.4 is 10.1 Å². The molecule has 0 aromatic heterocycles. The number of hydrogen-bond donors (Lipinski definition) is 1. The second kappa shape index (κ2) is 8.32. The highest BCUT2D eigenvalue weighted by molar-refractivity contribution is 6.00. The van der Waals surface area contributed by atoms with E-state index < -0.39 is 0 Å². The monoisotopic (exact) mass is 278 g/mol. The number of hydrogen-bond acceptors (Lipinski definition) is 4. The Balaban J connectivity index is 2.77. The number of amides is 1. The number of carbonyl (C=O) groups excluding carboxylic acids is 2. The molecule has 1 amide bonds. The molecular weight excluding hydrogens is 256 g/mol. The van der Waals surface area contributed by atoms with Crippen molar-refractivity contribution in [2.45, 2.75) is 13.3 Å². The molecular formula is C15H22N2O3. The predicted octanol–water partition coefficient (Wildman–Crippen LogP) is 1.34. The molecule has 0 aliphatic carbocycles. The molecule has 0 aliphatic heterocycles. The molecule has 0 fully saturated rings. The Morgan fingerprint density at radius 3 is 2.55 bits per heavy atom. The van der Waals surface area contributed by atoms with Crippen molar-refractivity contribution in [2.24, 2.45) is 0 Å². The van der Waals surface area contributed by atoms with Gasteiger partial charge in [-0.15, -0.1) is 0 Å². The number of para-hydroxylation sites is 1. The first-order valence-corrected chi connectivity index (χ1v) is 6.71. The van der Waals surface area contributed by atoms with Crippen LogP contribution in [0.3, 0.4) is 0 Å². The second-order valence-electron chi connectivity index (χ2n) is 4.51. The van der Waals surface area contributed by atoms with Crippen LogP contribution in [0.4, 0.5) is 0 Å². The number of likely N-dealkylation sites (N-methyl/N-ethyl adjacent to an activating group) is 1. The Kier molecular flexibility index (Phi) is 6.73. The fourth-order valence-electron chi connectivity index (χ4n) is 1.98. The van der Waals surface area contributed by atoms with Gasteiger partial charge in [-0.25, -0.2) is 0 Å². The summed E-state index contributed by atoms with van der Waals surface area (Å²) in [6.07, 6.45) is 0.885. The summed E-state index contributed by atoms with van der Waals surface area (Å²) in [4.78, 5) is 25.6. The molecule has 0 unspecified atom stereocenters. The van der Waals surface area contributed by atoms with E-state index in [1.807, 2.05) is 17.9 Å². The molecule has 0 spiro atoms. The average molecular weight is 278 g/mol. The van der Waals surface area contributed by atoms with Crippen molar-refractivity contribution < 1.29 is 14.3 Å². The Hall–Kier alpha value is -1.88. The molecule has 0 bridgehead atoms. The molecule has 0 radical (unpaired) electrons. The topological polar surface area (TPSA) is 58.6 Å². The van der Waals surface area contributed by atoms with E-state index in [9.17, 15) is 9.59 Å². The fourth-order valence-corrected chi connectivity index (χ4v) is 1.98. The van der Waals surface area contributed by atoms with E-state index in [1.165, 1.54) is 0 Å². The van der Waals surface area contributed by atoms with Gasteiger partial charge in [0.2, 0.25) is 5.91 Å². The van der Waals surface area contributed by atoms with Gasteiger partial charge in [0, 0.05) is 7.05 Å². The normalized spacial score (nSPS) is 10.4. The van der Waals surface area contributed by atoms with Crippen molar-refractivity contribution in [3.05, 3.63) is 29.8 Å². The Labute approximate surface area is 119 Å². The molecule has 1 aromatic carbocycles. The summed E-state index contributed by atoms with van der Waals surface area (Å²) in [6.45, 7) is 3.16. The number of nitrogens with one attached hydrogen (secondary N) is 1. The third-order valence-electron chi connectivity index (χ3n) is 2.96. The van der Waals surface area contributed by atoms with Gasteiger partial charge >= 0.3 is 0 Å². The lowest BCUT2D eigenvalue weighted by molar-refractivity contribution is -0.121. The highest BCUT2D eigenvalue weighted by Crippen LogP contribution is 2.18. The number of carbonyl (C=O) groups is 2. The summed E-state index contributed by atoms with van der Waals surface area (Å²) in [5, 5.41) is 2.57. The standard InChI is InChI=1S/C15H22N2O3/c1-4-9-17(11-15(19)16-2)10-13(18)12-7-5-6-8-14(12)20-3/h5-8H,4,9-11H2,1-3H3,(H,16,19). The summed E-state index contributed by atoms with van der Waals surface area (Å²) in [5.74, 6) is 0.431. The number of Topliss-reactive ketones (excluding diaryl/α,β-unsaturated/α-hetero) is 1. The lowest BCUT2D eigenvalue weighted by Crippen LogP contribution is -2.39. The molecule has 0 heterocycles. The van der Waals surface area contributed by atoms with Crippen LogP contribution in [0.25, 0.3) is 0 Å². The van der Waals surface area contributed by atoms with E-state index in [2.05, 4.69) is 5.32 Å². The zero-order valence-electron chi connectivity index (χ0n) is 12.3. The molecule has 0 saturated heterocycles. The van der Waals surface area contributed by atoms with Crippen molar-refractivity contribution in [3.8, 4) is 5.75 Å². The van der Waals surface area contributed by atoms with E-state index >= 15 is 0 Å². The van der Waals surface area contributed by atoms with Gasteiger partial charge in [-0.1, -0.05) is 19.1 Å². The van der Waals surface area contributed by atoms with Crippen LogP contribution in [0.15, 0.2) is 24.3 Å². The van der Waals surface area contributed by atoms with Gasteiger partial charge in [0.25, 0.3) is 0 Å². The van der Waals surface area contributed by atoms with Crippen LogP contribution in [0.1, 0.15) is 23.7 Å². The van der Waals surface area contributed by atoms with E-state index in [0.717, 1.165) is 6.42 Å². The third-order valence-corrected chi connectivity index (χ3v) is 2.96. The molecule has 1 N–H and O–H groups in total. The van der Waals surface area contributed by atoms with Crippen LogP contribution in [0.2, 0.25) is 0 Å². The minimum absolute atomic E-state index is 0.0418. The van der Waals surface area contributed by atoms with Crippen molar-refractivity contribution in [3.63, 3.8) is 0 Å². The quantitative estimate of drug-likeness (QED) is 0.729. The molecule has 0 atom stereocenters. The highest BCUT2D eigenvalue weighted by Gasteiger charge is 2.17. The lowest BCUT2D eigenvalue weighted by atomic mass is 10.1. The van der Waals surface area contributed by atoms with E-state index in [4.69, 9.17) is 4.74 Å². The molecule has 1 rings (SSSR count). The van der Waals surface area contributed by atoms with Gasteiger partial charge in [-0.05, 0) is 25.1 Å². The zero-order chi connectivity index (χ0) is 15.0. The minimum atomic E-state index is -0.0914. The summed E-state index contributed by atoms with van der Waals surface area (Å²) in [7, 11) is 3.13. The van der Waals surface area contributed by atoms with Crippen LogP contribution >= 0.6 is 0 Å². The van der Waals surface area contributed by atoms with Crippen molar-refractivity contribution in [1.29, 1.82) is 0 Å². The second-order valence-corrected chi connectivity index (χ2v) is 4.51. The zero-order valence-corrected chi connectivity index (χ0v) is 12.3. The summed E-state index contributed by atoms with van der Waals surface area (Å²) in [5.41, 5.74) is 0.549. The highest BCUT2D eigenvalue weighted by atomic mass is 16.5. The predicted molar refractivity (Wildman–Crippen MR) is 78.1 cm³/mol. The number of ether oxygens (including phenoxy) is 1. The molecule has 110 valence electrons. The van der Waals surface area contributed by atoms with Crippen molar-refractivity contribution >= 4 is 11.7 Å². The van der Waals surface area contributed by atoms with Crippen LogP contribution in [0, 0.1) is 0 Å². The number of nitrogens with zero attached hydrogens (tertiary/aromatic N) is 1. The summed E-state index contributed by atoms with van der Waals surface area (Å²) < 4.78 is 5.19. The van der Waals surface area contributed by atoms with Gasteiger partial charge in [0.1, 0.15) is 5.75 Å². The SMILES string of the molecule is CCCN(CC(=O)NC)CC(=O)c1ccccc1OC. The molecule has 0 aliphatic rings. The first-order valence-electron chi connectivity index (χ1n) is 6.71. The van der Waals surface area contributed by atoms with Gasteiger partial charge in [0.15, 0.2) is 5.78 Å². The van der Waals surface area contributed by atoms with Crippen LogP contribution in [-0.4, -0.2) is 50.4 Å². The first kappa shape index (κ1) is 16.2. The van der Waals surface area contributed by atoms with E-state index in [-0.39, 0.29) is 24.8 Å². The maximum Gasteiger partial charge on any atom is 0.233 e. The Morgan fingerprint density at radius 1 is 1.25 bits per heavy atom. The molecule has 0 saturated carbocycles. The maximum absolute atomic E-state index is 12.3. The molecule has 5 nitrogen and oxygen atoms in total. The van der Waals surface area contributed by atoms with Crippen molar-refractivity contribution in [2.75, 3.05) is 33.8 Å². The number of methoxy groups -OCH3 is 1. The smallest absolute Gasteiger partial charge is 0.233 e. The fraction of sp³-hybridized carbons (Fsp3) is 0.467. The third kappa shape index (κ3) is 4.66. The number of ketones is 1. The van der Waals surface area contributed by atoms with Gasteiger partial charge in [0.05, 0.1) is 25.8 Å². The van der Waals surface area contributed by atoms with Gasteiger partial charge in [-0.3, -0.25) is 14.5 Å².